The molecule has 3 aromatic carbocycles. The second kappa shape index (κ2) is 7.33. The molecule has 0 radical (unpaired) electrons. The molecule has 0 amide bonds. The molecule has 4 nitrogen and oxygen atoms in total. The Bertz CT molecular complexity index is 1240. The minimum atomic E-state index is -0.469. The van der Waals surface area contributed by atoms with Gasteiger partial charge in [-0.1, -0.05) is 41.4 Å². The topological polar surface area (TPSA) is 56.5 Å². The van der Waals surface area contributed by atoms with Crippen LogP contribution in [-0.2, 0) is 0 Å². The summed E-state index contributed by atoms with van der Waals surface area (Å²) >= 11 is 5.90. The molecule has 0 fully saturated rings. The largest absolute Gasteiger partial charge is 0.463 e. The van der Waals surface area contributed by atoms with E-state index in [4.69, 9.17) is 20.8 Å². The normalized spacial score (nSPS) is 10.8. The maximum Gasteiger partial charge on any atom is 0.343 e. The highest BCUT2D eigenvalue weighted by Crippen LogP contribution is 2.24. The minimum absolute atomic E-state index is 0.167. The predicted octanol–water partition coefficient (Wildman–Crippen LogP) is 5.64. The van der Waals surface area contributed by atoms with Crippen molar-refractivity contribution in [1.82, 2.24) is 0 Å². The van der Waals surface area contributed by atoms with Crippen LogP contribution >= 0.6 is 11.6 Å². The fourth-order valence-electron chi connectivity index (χ4n) is 2.94. The molecular weight excluding hydrogens is 376 g/mol. The maximum absolute atomic E-state index is 12.8. The quantitative estimate of drug-likeness (QED) is 0.335. The average Bonchev–Trinajstić information content (AvgIpc) is 2.69. The van der Waals surface area contributed by atoms with Crippen LogP contribution in [0.15, 0.2) is 82.2 Å². The van der Waals surface area contributed by atoms with Gasteiger partial charge in [-0.25, -0.2) is 4.79 Å². The van der Waals surface area contributed by atoms with Crippen LogP contribution in [-0.4, -0.2) is 5.97 Å². The number of hydrogen-bond donors (Lipinski definition) is 0. The van der Waals surface area contributed by atoms with Crippen molar-refractivity contribution in [3.8, 4) is 16.9 Å². The lowest BCUT2D eigenvalue weighted by Crippen LogP contribution is -2.09. The van der Waals surface area contributed by atoms with Crippen molar-refractivity contribution in [2.24, 2.45) is 0 Å². The van der Waals surface area contributed by atoms with Crippen molar-refractivity contribution >= 4 is 28.5 Å². The molecular formula is C23H15ClO4. The number of hydrogen-bond acceptors (Lipinski definition) is 4. The van der Waals surface area contributed by atoms with Crippen LogP contribution in [0.3, 0.4) is 0 Å². The summed E-state index contributed by atoms with van der Waals surface area (Å²) in [5.74, 6) is -0.162. The third-order valence-corrected chi connectivity index (χ3v) is 4.62. The van der Waals surface area contributed by atoms with Gasteiger partial charge in [-0.05, 0) is 48.9 Å². The summed E-state index contributed by atoms with van der Waals surface area (Å²) < 4.78 is 11.0. The molecule has 0 aliphatic heterocycles. The summed E-state index contributed by atoms with van der Waals surface area (Å²) in [6.45, 7) is 1.90. The van der Waals surface area contributed by atoms with Crippen LogP contribution in [0.25, 0.3) is 22.1 Å². The Hall–Kier alpha value is -3.37. The first-order chi connectivity index (χ1) is 13.5. The highest BCUT2D eigenvalue weighted by Gasteiger charge is 2.13. The van der Waals surface area contributed by atoms with Crippen molar-refractivity contribution in [2.45, 2.75) is 6.92 Å². The van der Waals surface area contributed by atoms with Crippen molar-refractivity contribution < 1.29 is 13.9 Å². The van der Waals surface area contributed by atoms with Crippen molar-refractivity contribution in [3.05, 3.63) is 99.4 Å². The molecule has 0 aliphatic rings. The molecule has 28 heavy (non-hydrogen) atoms. The van der Waals surface area contributed by atoms with Crippen LogP contribution in [0.5, 0.6) is 5.75 Å². The summed E-state index contributed by atoms with van der Waals surface area (Å²) in [6, 6.07) is 18.8. The van der Waals surface area contributed by atoms with Gasteiger partial charge in [0.25, 0.3) is 0 Å². The minimum Gasteiger partial charge on any atom is -0.463 e. The smallest absolute Gasteiger partial charge is 0.343 e. The van der Waals surface area contributed by atoms with Crippen LogP contribution in [0.2, 0.25) is 5.02 Å². The molecule has 0 saturated carbocycles. The monoisotopic (exact) mass is 390 g/mol. The van der Waals surface area contributed by atoms with Gasteiger partial charge < -0.3 is 9.15 Å². The Balaban J connectivity index is 1.67. The molecule has 0 saturated heterocycles. The standard InChI is InChI=1S/C23H15ClO4/c1-14-3-2-4-16(11-14)23(26)28-18-9-10-19-21(12-18)27-13-20(22(19)25)15-5-7-17(24)8-6-15/h2-13H,1H3. The summed E-state index contributed by atoms with van der Waals surface area (Å²) in [4.78, 5) is 25.1. The molecule has 0 spiro atoms. The highest BCUT2D eigenvalue weighted by molar-refractivity contribution is 6.30. The van der Waals surface area contributed by atoms with Crippen LogP contribution in [0.4, 0.5) is 0 Å². The van der Waals surface area contributed by atoms with Crippen molar-refractivity contribution in [2.75, 3.05) is 0 Å². The van der Waals surface area contributed by atoms with Gasteiger partial charge in [0.15, 0.2) is 5.43 Å². The van der Waals surface area contributed by atoms with E-state index in [9.17, 15) is 9.59 Å². The molecule has 4 rings (SSSR count). The summed E-state index contributed by atoms with van der Waals surface area (Å²) in [6.07, 6.45) is 1.40. The number of halogens is 1. The Morgan fingerprint density at radius 2 is 1.79 bits per heavy atom. The zero-order chi connectivity index (χ0) is 19.7. The van der Waals surface area contributed by atoms with Crippen molar-refractivity contribution in [1.29, 1.82) is 0 Å². The number of fused-ring (bicyclic) bond motifs is 1. The van der Waals surface area contributed by atoms with Gasteiger partial charge in [0.1, 0.15) is 17.6 Å². The first-order valence-electron chi connectivity index (χ1n) is 8.61. The fraction of sp³-hybridized carbons (Fsp3) is 0.0435. The molecule has 4 aromatic rings. The van der Waals surface area contributed by atoms with Gasteiger partial charge in [0.2, 0.25) is 0 Å². The number of esters is 1. The number of carbonyl (C=O) groups is 1. The molecule has 1 heterocycles. The molecule has 0 aliphatic carbocycles. The van der Waals surface area contributed by atoms with E-state index in [1.165, 1.54) is 12.3 Å². The van der Waals surface area contributed by atoms with Gasteiger partial charge in [0.05, 0.1) is 16.5 Å². The lowest BCUT2D eigenvalue weighted by molar-refractivity contribution is 0.0735. The van der Waals surface area contributed by atoms with Gasteiger partial charge in [-0.15, -0.1) is 0 Å². The zero-order valence-corrected chi connectivity index (χ0v) is 15.7. The first-order valence-corrected chi connectivity index (χ1v) is 8.99. The van der Waals surface area contributed by atoms with E-state index in [0.717, 1.165) is 11.1 Å². The maximum atomic E-state index is 12.8. The molecule has 138 valence electrons. The zero-order valence-electron chi connectivity index (χ0n) is 14.9. The molecule has 0 unspecified atom stereocenters. The number of ether oxygens (including phenoxy) is 1. The molecule has 0 atom stereocenters. The Morgan fingerprint density at radius 1 is 1.00 bits per heavy atom. The second-order valence-electron chi connectivity index (χ2n) is 6.40. The Labute approximate surface area is 166 Å². The molecule has 5 heteroatoms. The van der Waals surface area contributed by atoms with Gasteiger partial charge in [-0.3, -0.25) is 4.79 Å². The molecule has 0 bridgehead atoms. The average molecular weight is 391 g/mol. The highest BCUT2D eigenvalue weighted by atomic mass is 35.5. The number of rotatable bonds is 3. The van der Waals surface area contributed by atoms with E-state index in [2.05, 4.69) is 0 Å². The fourth-order valence-corrected chi connectivity index (χ4v) is 3.06. The third-order valence-electron chi connectivity index (χ3n) is 4.37. The van der Waals surface area contributed by atoms with Crippen LogP contribution < -0.4 is 10.2 Å². The van der Waals surface area contributed by atoms with Gasteiger partial charge in [0, 0.05) is 11.1 Å². The summed E-state index contributed by atoms with van der Waals surface area (Å²) in [7, 11) is 0. The number of benzene rings is 3. The number of carbonyl (C=O) groups excluding carboxylic acids is 1. The third kappa shape index (κ3) is 3.55. The lowest BCUT2D eigenvalue weighted by Gasteiger charge is -2.07. The van der Waals surface area contributed by atoms with Crippen molar-refractivity contribution in [3.63, 3.8) is 0 Å². The first kappa shape index (κ1) is 18.0. The Kier molecular flexibility index (Phi) is 4.72. The van der Waals surface area contributed by atoms with E-state index in [1.807, 2.05) is 13.0 Å². The van der Waals surface area contributed by atoms with E-state index >= 15 is 0 Å². The second-order valence-corrected chi connectivity index (χ2v) is 6.84. The van der Waals surface area contributed by atoms with Gasteiger partial charge in [-0.2, -0.15) is 0 Å². The van der Waals surface area contributed by atoms with E-state index in [0.29, 0.717) is 32.9 Å². The van der Waals surface area contributed by atoms with Crippen LogP contribution in [0, 0.1) is 6.92 Å². The summed E-state index contributed by atoms with van der Waals surface area (Å²) in [5, 5.41) is 0.997. The predicted molar refractivity (Wildman–Crippen MR) is 109 cm³/mol. The molecule has 1 aromatic heterocycles. The van der Waals surface area contributed by atoms with E-state index < -0.39 is 5.97 Å². The van der Waals surface area contributed by atoms with E-state index in [-0.39, 0.29) is 5.43 Å². The van der Waals surface area contributed by atoms with Gasteiger partial charge >= 0.3 is 5.97 Å². The van der Waals surface area contributed by atoms with E-state index in [1.54, 1.807) is 54.6 Å². The van der Waals surface area contributed by atoms with Crippen LogP contribution in [0.1, 0.15) is 15.9 Å². The summed E-state index contributed by atoms with van der Waals surface area (Å²) in [5.41, 5.74) is 2.76. The SMILES string of the molecule is Cc1cccc(C(=O)Oc2ccc3c(=O)c(-c4ccc(Cl)cc4)coc3c2)c1. The molecule has 0 N–H and O–H groups in total. The number of aryl methyl sites for hydroxylation is 1. The lowest BCUT2D eigenvalue weighted by atomic mass is 10.1. The Morgan fingerprint density at radius 3 is 2.54 bits per heavy atom.